The normalized spacial score (nSPS) is 14.2. The number of aliphatic hydroxyl groups is 1. The SMILES string of the molecule is CC/C=C\C/C=C\C/C=C\C/C=C\C/C=C\CCCC(=O)OC(COC(=O)CCCCCCCCCCCCC)COP(=O)(O)OCC(CO)OC(=O)CCCCC/C=C\C/C=C\C/C=C\CC. The lowest BCUT2D eigenvalue weighted by molar-refractivity contribution is -0.161. The van der Waals surface area contributed by atoms with Crippen molar-refractivity contribution >= 4 is 25.7 Å². The molecule has 0 aromatic carbocycles. The smallest absolute Gasteiger partial charge is 0.462 e. The average Bonchev–Trinajstić information content (AvgIpc) is 3.32. The van der Waals surface area contributed by atoms with E-state index >= 15 is 0 Å². The minimum Gasteiger partial charge on any atom is -0.462 e. The zero-order valence-electron chi connectivity index (χ0n) is 42.5. The van der Waals surface area contributed by atoms with Crippen LogP contribution in [0, 0.1) is 0 Å². The van der Waals surface area contributed by atoms with Crippen LogP contribution >= 0.6 is 7.82 Å². The van der Waals surface area contributed by atoms with Gasteiger partial charge in [-0.05, 0) is 89.9 Å². The van der Waals surface area contributed by atoms with Crippen molar-refractivity contribution in [1.29, 1.82) is 0 Å². The largest absolute Gasteiger partial charge is 0.472 e. The lowest BCUT2D eigenvalue weighted by Gasteiger charge is -2.21. The van der Waals surface area contributed by atoms with Gasteiger partial charge in [-0.3, -0.25) is 23.4 Å². The van der Waals surface area contributed by atoms with Crippen LogP contribution in [-0.4, -0.2) is 66.5 Å². The molecule has 68 heavy (non-hydrogen) atoms. The fourth-order valence-corrected chi connectivity index (χ4v) is 7.36. The Kier molecular flexibility index (Phi) is 47.2. The van der Waals surface area contributed by atoms with E-state index in [2.05, 4.69) is 106 Å². The van der Waals surface area contributed by atoms with E-state index in [-0.39, 0.29) is 25.9 Å². The Hall–Kier alpha value is -3.60. The summed E-state index contributed by atoms with van der Waals surface area (Å²) in [6, 6.07) is 0. The molecule has 3 atom stereocenters. The molecule has 0 aliphatic heterocycles. The second-order valence-electron chi connectivity index (χ2n) is 16.9. The monoisotopic (exact) mass is 973 g/mol. The molecular formula is C56H93O11P. The van der Waals surface area contributed by atoms with Crippen molar-refractivity contribution in [2.24, 2.45) is 0 Å². The van der Waals surface area contributed by atoms with Crippen molar-refractivity contribution in [3.8, 4) is 0 Å². The number of carbonyl (C=O) groups is 3. The van der Waals surface area contributed by atoms with Gasteiger partial charge in [0.2, 0.25) is 0 Å². The number of aliphatic hydroxyl groups excluding tert-OH is 1. The van der Waals surface area contributed by atoms with Gasteiger partial charge in [0.05, 0.1) is 19.8 Å². The predicted molar refractivity (Wildman–Crippen MR) is 279 cm³/mol. The quantitative estimate of drug-likeness (QED) is 0.0197. The Labute approximate surface area is 412 Å². The van der Waals surface area contributed by atoms with Gasteiger partial charge < -0.3 is 24.2 Å². The molecule has 0 spiro atoms. The van der Waals surface area contributed by atoms with Gasteiger partial charge in [0.25, 0.3) is 0 Å². The molecule has 0 heterocycles. The number of carbonyl (C=O) groups excluding carboxylic acids is 3. The van der Waals surface area contributed by atoms with Gasteiger partial charge in [-0.2, -0.15) is 0 Å². The van der Waals surface area contributed by atoms with Crippen LogP contribution in [0.2, 0.25) is 0 Å². The molecule has 0 bridgehead atoms. The van der Waals surface area contributed by atoms with Crippen molar-refractivity contribution < 1.29 is 52.2 Å². The number of phosphoric ester groups is 1. The summed E-state index contributed by atoms with van der Waals surface area (Å²) in [7, 11) is -4.77. The van der Waals surface area contributed by atoms with Crippen LogP contribution in [0.25, 0.3) is 0 Å². The maximum atomic E-state index is 12.8. The summed E-state index contributed by atoms with van der Waals surface area (Å²) in [5.41, 5.74) is 0. The van der Waals surface area contributed by atoms with Gasteiger partial charge in [-0.1, -0.05) is 189 Å². The van der Waals surface area contributed by atoms with Crippen LogP contribution in [0.4, 0.5) is 0 Å². The fraction of sp³-hybridized carbons (Fsp3) is 0.661. The van der Waals surface area contributed by atoms with Crippen molar-refractivity contribution in [1.82, 2.24) is 0 Å². The first-order chi connectivity index (χ1) is 33.2. The molecule has 3 unspecified atom stereocenters. The zero-order chi connectivity index (χ0) is 49.9. The number of phosphoric acid groups is 1. The third kappa shape index (κ3) is 47.5. The molecular weight excluding hydrogens is 880 g/mol. The van der Waals surface area contributed by atoms with Crippen LogP contribution in [0.15, 0.2) is 97.2 Å². The summed E-state index contributed by atoms with van der Waals surface area (Å²) in [5, 5.41) is 9.77. The number of hydrogen-bond donors (Lipinski definition) is 2. The van der Waals surface area contributed by atoms with E-state index in [1.807, 2.05) is 12.2 Å². The highest BCUT2D eigenvalue weighted by atomic mass is 31.2. The second kappa shape index (κ2) is 49.8. The van der Waals surface area contributed by atoms with Crippen LogP contribution in [0.3, 0.4) is 0 Å². The maximum absolute atomic E-state index is 12.8. The average molecular weight is 973 g/mol. The van der Waals surface area contributed by atoms with Gasteiger partial charge >= 0.3 is 25.7 Å². The molecule has 388 valence electrons. The molecule has 0 saturated carbocycles. The standard InChI is InChI=1S/C56H93O11P/c1-4-7-10-13-16-19-22-24-25-26-27-29-32-35-38-41-44-47-56(60)67-53(49-63-54(58)45-42-39-36-33-30-21-18-15-12-9-6-3)51-65-68(61,62)64-50-52(48-57)66-55(59)46-43-40-37-34-31-28-23-20-17-14-11-8-5-2/h7-8,10-11,16-17,19-20,24-25,27-29,31,35,38,52-53,57H,4-6,9,12-15,18,21-23,26,30,32-34,36-37,39-51H2,1-3H3,(H,61,62)/b10-7-,11-8-,19-16-,20-17-,25-24-,29-27-,31-28-,38-35-. The first kappa shape index (κ1) is 64.4. The molecule has 0 aliphatic rings. The highest BCUT2D eigenvalue weighted by molar-refractivity contribution is 7.47. The Morgan fingerprint density at radius 1 is 0.426 bits per heavy atom. The molecule has 0 fully saturated rings. The molecule has 2 N–H and O–H groups in total. The Bertz CT molecular complexity index is 1510. The van der Waals surface area contributed by atoms with Gasteiger partial charge in [0.15, 0.2) is 6.10 Å². The number of ether oxygens (including phenoxy) is 3. The van der Waals surface area contributed by atoms with E-state index in [1.165, 1.54) is 44.9 Å². The third-order valence-corrected chi connectivity index (χ3v) is 11.5. The van der Waals surface area contributed by atoms with Crippen molar-refractivity contribution in [2.75, 3.05) is 26.4 Å². The van der Waals surface area contributed by atoms with E-state index in [0.717, 1.165) is 89.9 Å². The molecule has 0 aromatic heterocycles. The second-order valence-corrected chi connectivity index (χ2v) is 18.4. The van der Waals surface area contributed by atoms with Crippen LogP contribution < -0.4 is 0 Å². The molecule has 0 saturated heterocycles. The van der Waals surface area contributed by atoms with Crippen LogP contribution in [0.1, 0.15) is 201 Å². The van der Waals surface area contributed by atoms with Gasteiger partial charge in [-0.25, -0.2) is 4.57 Å². The highest BCUT2D eigenvalue weighted by Gasteiger charge is 2.28. The van der Waals surface area contributed by atoms with E-state index < -0.39 is 57.8 Å². The van der Waals surface area contributed by atoms with Crippen LogP contribution in [0.5, 0.6) is 0 Å². The Morgan fingerprint density at radius 3 is 1.24 bits per heavy atom. The Balaban J connectivity index is 4.86. The van der Waals surface area contributed by atoms with Gasteiger partial charge in [0, 0.05) is 19.3 Å². The summed E-state index contributed by atoms with van der Waals surface area (Å²) in [5.74, 6) is -1.57. The fourth-order valence-electron chi connectivity index (χ4n) is 6.58. The van der Waals surface area contributed by atoms with Gasteiger partial charge in [0.1, 0.15) is 12.7 Å². The summed E-state index contributed by atoms with van der Waals surface area (Å²) in [6.07, 6.45) is 56.7. The van der Waals surface area contributed by atoms with E-state index in [4.69, 9.17) is 23.3 Å². The molecule has 0 radical (unpaired) electrons. The van der Waals surface area contributed by atoms with Gasteiger partial charge in [-0.15, -0.1) is 0 Å². The molecule has 12 heteroatoms. The molecule has 0 rings (SSSR count). The number of unbranched alkanes of at least 4 members (excludes halogenated alkanes) is 14. The minimum atomic E-state index is -4.77. The van der Waals surface area contributed by atoms with E-state index in [9.17, 15) is 28.9 Å². The summed E-state index contributed by atoms with van der Waals surface area (Å²) in [4.78, 5) is 48.3. The Morgan fingerprint density at radius 2 is 0.779 bits per heavy atom. The number of hydrogen-bond acceptors (Lipinski definition) is 10. The maximum Gasteiger partial charge on any atom is 0.472 e. The first-order valence-electron chi connectivity index (χ1n) is 26.1. The minimum absolute atomic E-state index is 0.0841. The molecule has 0 aromatic rings. The number of esters is 3. The zero-order valence-corrected chi connectivity index (χ0v) is 43.4. The molecule has 0 aliphatic carbocycles. The highest BCUT2D eigenvalue weighted by Crippen LogP contribution is 2.43. The summed E-state index contributed by atoms with van der Waals surface area (Å²) >= 11 is 0. The van der Waals surface area contributed by atoms with Crippen molar-refractivity contribution in [3.05, 3.63) is 97.2 Å². The summed E-state index contributed by atoms with van der Waals surface area (Å²) in [6.45, 7) is 4.28. The lowest BCUT2D eigenvalue weighted by Crippen LogP contribution is -2.30. The molecule has 11 nitrogen and oxygen atoms in total. The first-order valence-corrected chi connectivity index (χ1v) is 27.6. The summed E-state index contributed by atoms with van der Waals surface area (Å²) < 4.78 is 39.3. The van der Waals surface area contributed by atoms with E-state index in [0.29, 0.717) is 25.7 Å². The van der Waals surface area contributed by atoms with Crippen molar-refractivity contribution in [3.63, 3.8) is 0 Å². The van der Waals surface area contributed by atoms with Crippen LogP contribution in [-0.2, 0) is 42.2 Å². The topological polar surface area (TPSA) is 155 Å². The number of allylic oxidation sites excluding steroid dienone is 16. The van der Waals surface area contributed by atoms with Crippen molar-refractivity contribution in [2.45, 2.75) is 213 Å². The number of rotatable bonds is 47. The third-order valence-electron chi connectivity index (χ3n) is 10.5. The van der Waals surface area contributed by atoms with E-state index in [1.54, 1.807) is 0 Å². The lowest BCUT2D eigenvalue weighted by atomic mass is 10.1. The predicted octanol–water partition coefficient (Wildman–Crippen LogP) is 14.9. The molecule has 0 amide bonds.